The van der Waals surface area contributed by atoms with E-state index >= 15 is 0 Å². The molecule has 1 rings (SSSR count). The highest BCUT2D eigenvalue weighted by Crippen LogP contribution is 2.17. The summed E-state index contributed by atoms with van der Waals surface area (Å²) in [6, 6.07) is 3.08. The van der Waals surface area contributed by atoms with E-state index < -0.39 is 12.8 Å². The molecule has 0 unspecified atom stereocenters. The van der Waals surface area contributed by atoms with Gasteiger partial charge in [-0.25, -0.2) is 9.29 Å². The van der Waals surface area contributed by atoms with Crippen LogP contribution >= 0.6 is 12.8 Å². The van der Waals surface area contributed by atoms with Crippen LogP contribution in [0.1, 0.15) is 12.5 Å². The molecule has 1 aromatic rings. The van der Waals surface area contributed by atoms with Crippen molar-refractivity contribution in [3.8, 4) is 5.88 Å². The zero-order valence-corrected chi connectivity index (χ0v) is 10.1. The fraction of sp³-hybridized carbons (Fsp3) is 0.500. The van der Waals surface area contributed by atoms with Crippen LogP contribution in [-0.2, 0) is 6.54 Å². The lowest BCUT2D eigenvalue weighted by Crippen LogP contribution is -2.19. The Labute approximate surface area is 103 Å². The maximum atomic E-state index is 11.9. The lowest BCUT2D eigenvalue weighted by atomic mass is 10.3. The fourth-order valence-corrected chi connectivity index (χ4v) is 1.23. The quantitative estimate of drug-likeness (QED) is 0.830. The fourth-order valence-electron chi connectivity index (χ4n) is 1.07. The smallest absolute Gasteiger partial charge is 0.422 e. The van der Waals surface area contributed by atoms with Crippen molar-refractivity contribution >= 4 is 12.8 Å². The van der Waals surface area contributed by atoms with Crippen LogP contribution in [0.3, 0.4) is 0 Å². The highest BCUT2D eigenvalue weighted by Gasteiger charge is 2.28. The third kappa shape index (κ3) is 5.78. The summed E-state index contributed by atoms with van der Waals surface area (Å²) < 4.78 is 41.9. The third-order valence-corrected chi connectivity index (χ3v) is 2.34. The van der Waals surface area contributed by atoms with Crippen LogP contribution in [0.15, 0.2) is 18.3 Å². The van der Waals surface area contributed by atoms with Crippen molar-refractivity contribution in [1.82, 2.24) is 9.29 Å². The number of ether oxygens (including phenoxy) is 1. The van der Waals surface area contributed by atoms with E-state index in [-0.39, 0.29) is 5.88 Å². The first-order valence-electron chi connectivity index (χ1n) is 4.99. The molecule has 17 heavy (non-hydrogen) atoms. The first-order chi connectivity index (χ1) is 7.90. The molecule has 7 heteroatoms. The SMILES string of the molecule is CCN(S)Cc1ccc(OCC(F)(F)F)nc1. The van der Waals surface area contributed by atoms with Crippen molar-refractivity contribution in [2.45, 2.75) is 19.6 Å². The molecule has 0 N–H and O–H groups in total. The Balaban J connectivity index is 2.50. The van der Waals surface area contributed by atoms with Crippen molar-refractivity contribution in [3.63, 3.8) is 0 Å². The van der Waals surface area contributed by atoms with Crippen LogP contribution in [0.4, 0.5) is 13.2 Å². The second-order valence-corrected chi connectivity index (χ2v) is 3.96. The molecule has 0 aliphatic heterocycles. The number of alkyl halides is 3. The van der Waals surface area contributed by atoms with E-state index in [1.165, 1.54) is 12.3 Å². The number of halogens is 3. The number of rotatable bonds is 5. The van der Waals surface area contributed by atoms with Crippen molar-refractivity contribution in [3.05, 3.63) is 23.9 Å². The number of hydrogen-bond acceptors (Lipinski definition) is 4. The molecule has 96 valence electrons. The maximum absolute atomic E-state index is 11.9. The van der Waals surface area contributed by atoms with Gasteiger partial charge in [0.05, 0.1) is 0 Å². The van der Waals surface area contributed by atoms with Crippen LogP contribution in [0.2, 0.25) is 0 Å². The topological polar surface area (TPSA) is 25.4 Å². The van der Waals surface area contributed by atoms with Crippen LogP contribution in [0.5, 0.6) is 5.88 Å². The predicted octanol–water partition coefficient (Wildman–Crippen LogP) is 2.69. The maximum Gasteiger partial charge on any atom is 0.422 e. The first kappa shape index (κ1) is 14.1. The highest BCUT2D eigenvalue weighted by atomic mass is 32.1. The molecule has 0 aromatic carbocycles. The van der Waals surface area contributed by atoms with Crippen LogP contribution in [0, 0.1) is 0 Å². The van der Waals surface area contributed by atoms with Gasteiger partial charge in [0.15, 0.2) is 6.61 Å². The Hall–Kier alpha value is -0.950. The molecule has 0 amide bonds. The Bertz CT molecular complexity index is 342. The molecule has 0 saturated carbocycles. The Morgan fingerprint density at radius 2 is 2.12 bits per heavy atom. The summed E-state index contributed by atoms with van der Waals surface area (Å²) >= 11 is 4.17. The lowest BCUT2D eigenvalue weighted by molar-refractivity contribution is -0.154. The van der Waals surface area contributed by atoms with E-state index in [0.29, 0.717) is 6.54 Å². The van der Waals surface area contributed by atoms with Gasteiger partial charge in [-0.05, 0) is 5.56 Å². The zero-order valence-electron chi connectivity index (χ0n) is 9.24. The summed E-state index contributed by atoms with van der Waals surface area (Å²) in [4.78, 5) is 3.79. The summed E-state index contributed by atoms with van der Waals surface area (Å²) in [7, 11) is 0. The van der Waals surface area contributed by atoms with Gasteiger partial charge in [0, 0.05) is 25.4 Å². The molecule has 0 aliphatic carbocycles. The van der Waals surface area contributed by atoms with Crippen molar-refractivity contribution in [2.24, 2.45) is 0 Å². The normalized spacial score (nSPS) is 11.9. The molecule has 0 bridgehead atoms. The van der Waals surface area contributed by atoms with Crippen LogP contribution < -0.4 is 4.74 Å². The molecular formula is C10H13F3N2OS. The van der Waals surface area contributed by atoms with E-state index in [1.54, 1.807) is 10.4 Å². The van der Waals surface area contributed by atoms with Gasteiger partial charge in [-0.2, -0.15) is 13.2 Å². The van der Waals surface area contributed by atoms with E-state index in [4.69, 9.17) is 0 Å². The average molecular weight is 266 g/mol. The number of nitrogens with zero attached hydrogens (tertiary/aromatic N) is 2. The largest absolute Gasteiger partial charge is 0.468 e. The first-order valence-corrected chi connectivity index (χ1v) is 5.39. The summed E-state index contributed by atoms with van der Waals surface area (Å²) in [6.07, 6.45) is -2.87. The summed E-state index contributed by atoms with van der Waals surface area (Å²) in [5.74, 6) is -0.0340. The number of thiol groups is 1. The minimum Gasteiger partial charge on any atom is -0.468 e. The van der Waals surface area contributed by atoms with Crippen molar-refractivity contribution in [1.29, 1.82) is 0 Å². The van der Waals surface area contributed by atoms with Crippen molar-refractivity contribution < 1.29 is 17.9 Å². The number of hydrogen-bond donors (Lipinski definition) is 1. The molecular weight excluding hydrogens is 253 g/mol. The third-order valence-electron chi connectivity index (χ3n) is 1.91. The van der Waals surface area contributed by atoms with Crippen molar-refractivity contribution in [2.75, 3.05) is 13.2 Å². The van der Waals surface area contributed by atoms with Crippen LogP contribution in [-0.4, -0.2) is 28.6 Å². The minimum absolute atomic E-state index is 0.0340. The Morgan fingerprint density at radius 3 is 2.59 bits per heavy atom. The van der Waals surface area contributed by atoms with Gasteiger partial charge in [0.25, 0.3) is 0 Å². The van der Waals surface area contributed by atoms with Gasteiger partial charge in [-0.1, -0.05) is 25.8 Å². The zero-order chi connectivity index (χ0) is 12.9. The molecule has 1 aromatic heterocycles. The van der Waals surface area contributed by atoms with E-state index in [1.807, 2.05) is 6.92 Å². The van der Waals surface area contributed by atoms with Gasteiger partial charge in [-0.3, -0.25) is 0 Å². The predicted molar refractivity (Wildman–Crippen MR) is 60.9 cm³/mol. The van der Waals surface area contributed by atoms with Gasteiger partial charge in [-0.15, -0.1) is 0 Å². The lowest BCUT2D eigenvalue weighted by Gasteiger charge is -2.12. The van der Waals surface area contributed by atoms with E-state index in [9.17, 15) is 13.2 Å². The summed E-state index contributed by atoms with van der Waals surface area (Å²) in [5.41, 5.74) is 0.862. The molecule has 0 atom stereocenters. The van der Waals surface area contributed by atoms with Gasteiger partial charge < -0.3 is 4.74 Å². The van der Waals surface area contributed by atoms with E-state index in [2.05, 4.69) is 22.5 Å². The monoisotopic (exact) mass is 266 g/mol. The summed E-state index contributed by atoms with van der Waals surface area (Å²) in [6.45, 7) is 1.95. The van der Waals surface area contributed by atoms with E-state index in [0.717, 1.165) is 12.1 Å². The molecule has 0 aliphatic rings. The Kier molecular flexibility index (Phi) is 5.07. The second-order valence-electron chi connectivity index (χ2n) is 3.39. The molecule has 1 heterocycles. The summed E-state index contributed by atoms with van der Waals surface area (Å²) in [5, 5.41) is 0. The molecule has 0 fully saturated rings. The molecule has 0 spiro atoms. The second kappa shape index (κ2) is 6.11. The highest BCUT2D eigenvalue weighted by molar-refractivity contribution is 7.77. The average Bonchev–Trinajstić information content (AvgIpc) is 2.27. The van der Waals surface area contributed by atoms with Gasteiger partial charge >= 0.3 is 6.18 Å². The molecule has 0 saturated heterocycles. The minimum atomic E-state index is -4.34. The van der Waals surface area contributed by atoms with Crippen LogP contribution in [0.25, 0.3) is 0 Å². The Morgan fingerprint density at radius 1 is 1.41 bits per heavy atom. The molecule has 0 radical (unpaired) electrons. The molecule has 3 nitrogen and oxygen atoms in total. The standard InChI is InChI=1S/C10H13F3N2OS/c1-2-15(17)6-8-3-4-9(14-5-8)16-7-10(11,12)13/h3-5,17H,2,6-7H2,1H3. The van der Waals surface area contributed by atoms with Gasteiger partial charge in [0.2, 0.25) is 5.88 Å². The number of pyridine rings is 1. The number of aromatic nitrogens is 1. The van der Waals surface area contributed by atoms with Gasteiger partial charge in [0.1, 0.15) is 0 Å².